The molecule has 1 rings (SSSR count). The van der Waals surface area contributed by atoms with Crippen molar-refractivity contribution in [3.05, 3.63) is 11.3 Å². The van der Waals surface area contributed by atoms with Crippen molar-refractivity contribution in [2.24, 2.45) is 7.05 Å². The maximum atomic E-state index is 11.9. The number of hydrogen-bond donors (Lipinski definition) is 0. The Morgan fingerprint density at radius 1 is 1.65 bits per heavy atom. The van der Waals surface area contributed by atoms with Crippen molar-refractivity contribution in [3.63, 3.8) is 0 Å². The van der Waals surface area contributed by atoms with Crippen molar-refractivity contribution in [2.45, 2.75) is 26.4 Å². The first kappa shape index (κ1) is 13.1. The standard InChI is InChI=1S/C12H16N2O3/c1-6-7-8(2)17-12(15)10-9(3)13-14(4)11(10)16-5/h1,8H,7H2,2-5H3. The smallest absolute Gasteiger partial charge is 0.345 e. The van der Waals surface area contributed by atoms with Crippen LogP contribution in [0.3, 0.4) is 0 Å². The Morgan fingerprint density at radius 3 is 2.82 bits per heavy atom. The van der Waals surface area contributed by atoms with Gasteiger partial charge in [-0.05, 0) is 13.8 Å². The van der Waals surface area contributed by atoms with E-state index in [0.717, 1.165) is 0 Å². The highest BCUT2D eigenvalue weighted by atomic mass is 16.5. The number of rotatable bonds is 4. The zero-order valence-electron chi connectivity index (χ0n) is 10.5. The Bertz CT molecular complexity index is 457. The minimum atomic E-state index is -0.463. The highest BCUT2D eigenvalue weighted by molar-refractivity contribution is 5.93. The van der Waals surface area contributed by atoms with Crippen molar-refractivity contribution in [1.82, 2.24) is 9.78 Å². The molecule has 5 nitrogen and oxygen atoms in total. The van der Waals surface area contributed by atoms with Gasteiger partial charge in [0, 0.05) is 13.5 Å². The summed E-state index contributed by atoms with van der Waals surface area (Å²) < 4.78 is 11.8. The van der Waals surface area contributed by atoms with Gasteiger partial charge in [-0.1, -0.05) is 0 Å². The Hall–Kier alpha value is -1.96. The SMILES string of the molecule is C#CCC(C)OC(=O)c1c(C)nn(C)c1OC. The fourth-order valence-corrected chi connectivity index (χ4v) is 1.56. The molecular formula is C12H16N2O3. The average molecular weight is 236 g/mol. The molecule has 1 aromatic heterocycles. The molecule has 0 bridgehead atoms. The zero-order chi connectivity index (χ0) is 13.0. The highest BCUT2D eigenvalue weighted by Gasteiger charge is 2.23. The fraction of sp³-hybridized carbons (Fsp3) is 0.500. The van der Waals surface area contributed by atoms with Crippen LogP contribution in [0.1, 0.15) is 29.4 Å². The number of nitrogens with zero attached hydrogens (tertiary/aromatic N) is 2. The first-order valence-corrected chi connectivity index (χ1v) is 5.23. The third-order valence-electron chi connectivity index (χ3n) is 2.28. The fourth-order valence-electron chi connectivity index (χ4n) is 1.56. The lowest BCUT2D eigenvalue weighted by atomic mass is 10.2. The first-order valence-electron chi connectivity index (χ1n) is 5.23. The number of esters is 1. The number of ether oxygens (including phenoxy) is 2. The van der Waals surface area contributed by atoms with Crippen LogP contribution >= 0.6 is 0 Å². The number of aryl methyl sites for hydroxylation is 2. The molecule has 0 N–H and O–H groups in total. The minimum absolute atomic E-state index is 0.322. The van der Waals surface area contributed by atoms with Gasteiger partial charge in [0.1, 0.15) is 11.7 Å². The third-order valence-corrected chi connectivity index (χ3v) is 2.28. The van der Waals surface area contributed by atoms with Crippen LogP contribution in [0.25, 0.3) is 0 Å². The lowest BCUT2D eigenvalue weighted by molar-refractivity contribution is 0.0347. The van der Waals surface area contributed by atoms with E-state index in [1.807, 2.05) is 0 Å². The summed E-state index contributed by atoms with van der Waals surface area (Å²) in [5.41, 5.74) is 0.918. The summed E-state index contributed by atoms with van der Waals surface area (Å²) in [5, 5.41) is 4.11. The summed E-state index contributed by atoms with van der Waals surface area (Å²) in [6.45, 7) is 3.47. The van der Waals surface area contributed by atoms with E-state index in [-0.39, 0.29) is 6.10 Å². The van der Waals surface area contributed by atoms with Crippen LogP contribution < -0.4 is 4.74 Å². The van der Waals surface area contributed by atoms with E-state index in [0.29, 0.717) is 23.6 Å². The Morgan fingerprint density at radius 2 is 2.29 bits per heavy atom. The number of hydrogen-bond acceptors (Lipinski definition) is 4. The summed E-state index contributed by atoms with van der Waals surface area (Å²) in [7, 11) is 3.19. The molecule has 0 radical (unpaired) electrons. The van der Waals surface area contributed by atoms with Crippen LogP contribution in [0.15, 0.2) is 0 Å². The second-order valence-electron chi connectivity index (χ2n) is 3.72. The minimum Gasteiger partial charge on any atom is -0.481 e. The number of terminal acetylenes is 1. The second-order valence-corrected chi connectivity index (χ2v) is 3.72. The molecule has 0 amide bonds. The van der Waals surface area contributed by atoms with Gasteiger partial charge < -0.3 is 9.47 Å². The van der Waals surface area contributed by atoms with Crippen molar-refractivity contribution in [1.29, 1.82) is 0 Å². The van der Waals surface area contributed by atoms with Crippen molar-refractivity contribution in [3.8, 4) is 18.2 Å². The van der Waals surface area contributed by atoms with Crippen molar-refractivity contribution < 1.29 is 14.3 Å². The average Bonchev–Trinajstić information content (AvgIpc) is 2.52. The first-order chi connectivity index (χ1) is 8.01. The summed E-state index contributed by atoms with van der Waals surface area (Å²) in [5.74, 6) is 2.37. The predicted molar refractivity (Wildman–Crippen MR) is 62.8 cm³/mol. The Balaban J connectivity index is 2.93. The summed E-state index contributed by atoms with van der Waals surface area (Å²) >= 11 is 0. The molecule has 1 unspecified atom stereocenters. The van der Waals surface area contributed by atoms with Gasteiger partial charge in [-0.25, -0.2) is 9.48 Å². The molecule has 1 heterocycles. The van der Waals surface area contributed by atoms with E-state index in [9.17, 15) is 4.79 Å². The lowest BCUT2D eigenvalue weighted by Gasteiger charge is -2.10. The Kier molecular flexibility index (Phi) is 4.16. The maximum Gasteiger partial charge on any atom is 0.345 e. The molecule has 92 valence electrons. The number of carbonyl (C=O) groups is 1. The van der Waals surface area contributed by atoms with Gasteiger partial charge in [0.2, 0.25) is 5.88 Å². The predicted octanol–water partition coefficient (Wildman–Crippen LogP) is 1.31. The highest BCUT2D eigenvalue weighted by Crippen LogP contribution is 2.22. The van der Waals surface area contributed by atoms with Gasteiger partial charge in [-0.15, -0.1) is 12.3 Å². The largest absolute Gasteiger partial charge is 0.481 e. The quantitative estimate of drug-likeness (QED) is 0.584. The van der Waals surface area contributed by atoms with Gasteiger partial charge >= 0.3 is 5.97 Å². The molecular weight excluding hydrogens is 220 g/mol. The summed E-state index contributed by atoms with van der Waals surface area (Å²) in [6, 6.07) is 0. The topological polar surface area (TPSA) is 53.3 Å². The molecule has 1 aromatic rings. The van der Waals surface area contributed by atoms with E-state index >= 15 is 0 Å². The van der Waals surface area contributed by atoms with Crippen molar-refractivity contribution in [2.75, 3.05) is 7.11 Å². The second kappa shape index (κ2) is 5.39. The molecule has 0 aliphatic rings. The van der Waals surface area contributed by atoms with Crippen LogP contribution in [-0.4, -0.2) is 29.0 Å². The van der Waals surface area contributed by atoms with Crippen LogP contribution in [0.4, 0.5) is 0 Å². The normalized spacial score (nSPS) is 11.7. The Labute approximate surface area is 101 Å². The van der Waals surface area contributed by atoms with Gasteiger partial charge in [-0.3, -0.25) is 0 Å². The molecule has 0 fully saturated rings. The summed E-state index contributed by atoms with van der Waals surface area (Å²) in [4.78, 5) is 11.9. The molecule has 0 aliphatic carbocycles. The van der Waals surface area contributed by atoms with E-state index in [1.54, 1.807) is 20.9 Å². The molecule has 0 saturated carbocycles. The van der Waals surface area contributed by atoms with Gasteiger partial charge in [0.25, 0.3) is 0 Å². The zero-order valence-corrected chi connectivity index (χ0v) is 10.5. The number of methoxy groups -OCH3 is 1. The van der Waals surface area contributed by atoms with Gasteiger partial charge in [0.05, 0.1) is 12.8 Å². The van der Waals surface area contributed by atoms with Crippen molar-refractivity contribution >= 4 is 5.97 Å². The van der Waals surface area contributed by atoms with Crippen LogP contribution in [0, 0.1) is 19.3 Å². The van der Waals surface area contributed by atoms with Crippen LogP contribution in [-0.2, 0) is 11.8 Å². The third kappa shape index (κ3) is 2.78. The molecule has 17 heavy (non-hydrogen) atoms. The molecule has 0 aromatic carbocycles. The van der Waals surface area contributed by atoms with Gasteiger partial charge in [0.15, 0.2) is 0 Å². The summed E-state index contributed by atoms with van der Waals surface area (Å²) in [6.07, 6.45) is 5.21. The van der Waals surface area contributed by atoms with E-state index < -0.39 is 5.97 Å². The molecule has 0 aliphatic heterocycles. The van der Waals surface area contributed by atoms with Crippen LogP contribution in [0.5, 0.6) is 5.88 Å². The van der Waals surface area contributed by atoms with Crippen LogP contribution in [0.2, 0.25) is 0 Å². The van der Waals surface area contributed by atoms with Gasteiger partial charge in [-0.2, -0.15) is 5.10 Å². The number of aromatic nitrogens is 2. The molecule has 0 spiro atoms. The van der Waals surface area contributed by atoms with E-state index in [4.69, 9.17) is 15.9 Å². The molecule has 5 heteroatoms. The monoisotopic (exact) mass is 236 g/mol. The number of carbonyl (C=O) groups excluding carboxylic acids is 1. The van der Waals surface area contributed by atoms with E-state index in [1.165, 1.54) is 11.8 Å². The lowest BCUT2D eigenvalue weighted by Crippen LogP contribution is -2.15. The maximum absolute atomic E-state index is 11.9. The van der Waals surface area contributed by atoms with E-state index in [2.05, 4.69) is 11.0 Å². The molecule has 1 atom stereocenters. The molecule has 0 saturated heterocycles.